The first kappa shape index (κ1) is 26.7. The SMILES string of the molecule is Cc1cc(NS(=O)(=O)c2ccc(NC(=O)CCSc3nc(N)c(C#N)c(-c4cccs4)c3C#N)cc2)no1. The Balaban J connectivity index is 1.39. The fourth-order valence-corrected chi connectivity index (χ4v) is 6.06. The van der Waals surface area contributed by atoms with E-state index in [2.05, 4.69) is 26.2 Å². The number of aryl methyl sites for hydroxylation is 1. The van der Waals surface area contributed by atoms with E-state index in [1.807, 2.05) is 17.5 Å². The molecule has 14 heteroatoms. The Morgan fingerprint density at radius 3 is 2.53 bits per heavy atom. The molecule has 3 heterocycles. The van der Waals surface area contributed by atoms with Crippen LogP contribution in [0.4, 0.5) is 17.3 Å². The number of carbonyl (C=O) groups is 1. The van der Waals surface area contributed by atoms with E-state index < -0.39 is 10.0 Å². The van der Waals surface area contributed by atoms with Gasteiger partial charge in [-0.2, -0.15) is 10.5 Å². The Morgan fingerprint density at radius 2 is 1.92 bits per heavy atom. The quantitative estimate of drug-likeness (QED) is 0.246. The second-order valence-corrected chi connectivity index (χ2v) is 11.4. The maximum atomic E-state index is 12.5. The van der Waals surface area contributed by atoms with E-state index >= 15 is 0 Å². The fraction of sp³-hybridized carbons (Fsp3) is 0.125. The van der Waals surface area contributed by atoms with Gasteiger partial charge >= 0.3 is 0 Å². The second kappa shape index (κ2) is 11.4. The number of nitrogens with two attached hydrogens (primary N) is 1. The van der Waals surface area contributed by atoms with Gasteiger partial charge in [0.2, 0.25) is 5.91 Å². The summed E-state index contributed by atoms with van der Waals surface area (Å²) >= 11 is 2.56. The van der Waals surface area contributed by atoms with E-state index in [4.69, 9.17) is 10.3 Å². The number of nitriles is 2. The number of thioether (sulfide) groups is 1. The molecule has 11 nitrogen and oxygen atoms in total. The average Bonchev–Trinajstić information content (AvgIpc) is 3.55. The number of thiophene rings is 1. The monoisotopic (exact) mass is 565 g/mol. The number of anilines is 3. The number of nitrogens with one attached hydrogen (secondary N) is 2. The van der Waals surface area contributed by atoms with E-state index in [-0.39, 0.29) is 45.7 Å². The van der Waals surface area contributed by atoms with E-state index in [0.717, 1.165) is 4.88 Å². The van der Waals surface area contributed by atoms with E-state index in [1.54, 1.807) is 13.0 Å². The van der Waals surface area contributed by atoms with Gasteiger partial charge in [0.1, 0.15) is 34.3 Å². The van der Waals surface area contributed by atoms with Gasteiger partial charge in [0.15, 0.2) is 5.82 Å². The molecule has 0 aliphatic heterocycles. The Labute approximate surface area is 226 Å². The summed E-state index contributed by atoms with van der Waals surface area (Å²) in [6.07, 6.45) is 0.0819. The van der Waals surface area contributed by atoms with Crippen LogP contribution in [0.1, 0.15) is 23.3 Å². The number of pyridine rings is 1. The van der Waals surface area contributed by atoms with Crippen molar-refractivity contribution >= 4 is 56.4 Å². The van der Waals surface area contributed by atoms with Crippen LogP contribution in [0.15, 0.2) is 62.3 Å². The van der Waals surface area contributed by atoms with Crippen LogP contribution >= 0.6 is 23.1 Å². The number of hydrogen-bond acceptors (Lipinski definition) is 11. The topological polar surface area (TPSA) is 188 Å². The minimum absolute atomic E-state index is 0.0123. The molecule has 0 spiro atoms. The lowest BCUT2D eigenvalue weighted by molar-refractivity contribution is -0.115. The van der Waals surface area contributed by atoms with E-state index in [9.17, 15) is 23.7 Å². The van der Waals surface area contributed by atoms with Crippen molar-refractivity contribution in [3.8, 4) is 22.6 Å². The fourth-order valence-electron chi connectivity index (χ4n) is 3.36. The molecule has 0 aliphatic rings. The van der Waals surface area contributed by atoms with Crippen molar-refractivity contribution in [2.24, 2.45) is 0 Å². The van der Waals surface area contributed by atoms with E-state index in [0.29, 0.717) is 22.0 Å². The average molecular weight is 566 g/mol. The molecular weight excluding hydrogens is 547 g/mol. The summed E-state index contributed by atoms with van der Waals surface area (Å²) in [6, 6.07) is 14.9. The van der Waals surface area contributed by atoms with Gasteiger partial charge in [0.05, 0.1) is 10.5 Å². The van der Waals surface area contributed by atoms with Crippen molar-refractivity contribution < 1.29 is 17.7 Å². The maximum Gasteiger partial charge on any atom is 0.263 e. The molecule has 0 radical (unpaired) electrons. The van der Waals surface area contributed by atoms with Crippen LogP contribution in [0, 0.1) is 29.6 Å². The third-order valence-electron chi connectivity index (χ3n) is 5.07. The summed E-state index contributed by atoms with van der Waals surface area (Å²) in [5, 5.41) is 27.8. The molecule has 0 saturated heterocycles. The summed E-state index contributed by atoms with van der Waals surface area (Å²) in [4.78, 5) is 17.4. The zero-order chi connectivity index (χ0) is 27.3. The number of nitrogens with zero attached hydrogens (tertiary/aromatic N) is 4. The number of nitrogen functional groups attached to an aromatic ring is 1. The van der Waals surface area contributed by atoms with Crippen molar-refractivity contribution in [2.75, 3.05) is 21.5 Å². The van der Waals surface area contributed by atoms with Gasteiger partial charge in [0.25, 0.3) is 10.0 Å². The molecule has 1 amide bonds. The lowest BCUT2D eigenvalue weighted by atomic mass is 10.0. The molecule has 1 aromatic carbocycles. The molecule has 0 saturated carbocycles. The van der Waals surface area contributed by atoms with Gasteiger partial charge in [-0.25, -0.2) is 13.4 Å². The van der Waals surface area contributed by atoms with Gasteiger partial charge in [-0.3, -0.25) is 9.52 Å². The van der Waals surface area contributed by atoms with Crippen molar-refractivity contribution in [1.82, 2.24) is 10.1 Å². The molecule has 0 unspecified atom stereocenters. The van der Waals surface area contributed by atoms with Gasteiger partial charge in [-0.15, -0.1) is 23.1 Å². The zero-order valence-corrected chi connectivity index (χ0v) is 22.2. The zero-order valence-electron chi connectivity index (χ0n) is 19.8. The first-order valence-corrected chi connectivity index (χ1v) is 14.2. The Hall–Kier alpha value is -4.37. The second-order valence-electron chi connectivity index (χ2n) is 7.73. The summed E-state index contributed by atoms with van der Waals surface area (Å²) in [7, 11) is -3.88. The van der Waals surface area contributed by atoms with Crippen LogP contribution in [0.3, 0.4) is 0 Å². The third-order valence-corrected chi connectivity index (χ3v) is 8.30. The van der Waals surface area contributed by atoms with Crippen LogP contribution in [-0.2, 0) is 14.8 Å². The summed E-state index contributed by atoms with van der Waals surface area (Å²) < 4.78 is 32.2. The lowest BCUT2D eigenvalue weighted by Crippen LogP contribution is -2.14. The minimum Gasteiger partial charge on any atom is -0.383 e. The Kier molecular flexibility index (Phi) is 7.97. The van der Waals surface area contributed by atoms with Crippen LogP contribution in [-0.4, -0.2) is 30.2 Å². The van der Waals surface area contributed by atoms with Crippen molar-refractivity contribution in [2.45, 2.75) is 23.3 Å². The molecule has 0 aliphatic carbocycles. The highest BCUT2D eigenvalue weighted by atomic mass is 32.2. The predicted molar refractivity (Wildman–Crippen MR) is 144 cm³/mol. The molecule has 0 fully saturated rings. The number of aromatic nitrogens is 2. The number of rotatable bonds is 9. The molecule has 4 rings (SSSR count). The van der Waals surface area contributed by atoms with Crippen molar-refractivity contribution in [3.63, 3.8) is 0 Å². The lowest BCUT2D eigenvalue weighted by Gasteiger charge is -2.11. The summed E-state index contributed by atoms with van der Waals surface area (Å²) in [5.41, 5.74) is 7.22. The highest BCUT2D eigenvalue weighted by molar-refractivity contribution is 7.99. The number of benzene rings is 1. The molecular formula is C24H19N7O4S3. The van der Waals surface area contributed by atoms with Gasteiger partial charge in [0, 0.05) is 34.4 Å². The number of amides is 1. The van der Waals surface area contributed by atoms with Gasteiger partial charge < -0.3 is 15.6 Å². The summed E-state index contributed by atoms with van der Waals surface area (Å²) in [6.45, 7) is 1.64. The van der Waals surface area contributed by atoms with Crippen molar-refractivity contribution in [1.29, 1.82) is 10.5 Å². The van der Waals surface area contributed by atoms with Crippen molar-refractivity contribution in [3.05, 3.63) is 64.7 Å². The molecule has 0 atom stereocenters. The normalized spacial score (nSPS) is 10.9. The molecule has 38 heavy (non-hydrogen) atoms. The predicted octanol–water partition coefficient (Wildman–Crippen LogP) is 4.35. The van der Waals surface area contributed by atoms with Crippen LogP contribution in [0.25, 0.3) is 10.4 Å². The third kappa shape index (κ3) is 5.95. The first-order valence-electron chi connectivity index (χ1n) is 10.9. The smallest absolute Gasteiger partial charge is 0.263 e. The molecule has 4 aromatic rings. The summed E-state index contributed by atoms with van der Waals surface area (Å²) in [5.74, 6) is 0.519. The maximum absolute atomic E-state index is 12.5. The van der Waals surface area contributed by atoms with Crippen LogP contribution in [0.2, 0.25) is 0 Å². The van der Waals surface area contributed by atoms with E-state index in [1.165, 1.54) is 53.4 Å². The van der Waals surface area contributed by atoms with Gasteiger partial charge in [-0.1, -0.05) is 11.2 Å². The highest BCUT2D eigenvalue weighted by Gasteiger charge is 2.21. The Bertz CT molecular complexity index is 1670. The molecule has 3 aromatic heterocycles. The minimum atomic E-state index is -3.88. The van der Waals surface area contributed by atoms with Crippen LogP contribution < -0.4 is 15.8 Å². The van der Waals surface area contributed by atoms with Crippen LogP contribution in [0.5, 0.6) is 0 Å². The molecule has 0 bridgehead atoms. The number of carbonyl (C=O) groups excluding carboxylic acids is 1. The number of sulfonamides is 1. The standard InChI is InChI=1S/C24H19N7O4S3/c1-14-11-20(30-35-14)31-38(33,34)16-6-4-15(5-7-16)28-21(32)8-10-37-24-18(13-26)22(19-3-2-9-36-19)17(12-25)23(27)29-24/h2-7,9,11H,8,10H2,1H3,(H2,27,29)(H,28,32)(H,30,31). The largest absolute Gasteiger partial charge is 0.383 e. The Morgan fingerprint density at radius 1 is 1.18 bits per heavy atom. The molecule has 4 N–H and O–H groups in total. The van der Waals surface area contributed by atoms with Gasteiger partial charge in [-0.05, 0) is 42.6 Å². The number of hydrogen-bond donors (Lipinski definition) is 3. The first-order chi connectivity index (χ1) is 18.2. The highest BCUT2D eigenvalue weighted by Crippen LogP contribution is 2.37. The molecule has 192 valence electrons.